The molecular formula is C15H17N3O2S2. The molecule has 5 nitrogen and oxygen atoms in total. The summed E-state index contributed by atoms with van der Waals surface area (Å²) in [5.74, 6) is 0.758. The van der Waals surface area contributed by atoms with E-state index in [0.29, 0.717) is 17.7 Å². The van der Waals surface area contributed by atoms with Crippen molar-refractivity contribution in [3.05, 3.63) is 30.2 Å². The van der Waals surface area contributed by atoms with Gasteiger partial charge in [-0.25, -0.2) is 4.98 Å². The number of aromatic nitrogens is 3. The Kier molecular flexibility index (Phi) is 4.37. The first-order chi connectivity index (χ1) is 10.6. The summed E-state index contributed by atoms with van der Waals surface area (Å²) in [5, 5.41) is 11.3. The molecule has 0 saturated heterocycles. The second-order valence-corrected chi connectivity index (χ2v) is 7.51. The molecule has 0 fully saturated rings. The van der Waals surface area contributed by atoms with Crippen LogP contribution in [0.15, 0.2) is 24.5 Å². The number of thiazole rings is 1. The summed E-state index contributed by atoms with van der Waals surface area (Å²) < 4.78 is 13.4. The predicted molar refractivity (Wildman–Crippen MR) is 90.8 cm³/mol. The van der Waals surface area contributed by atoms with Crippen LogP contribution in [0.2, 0.25) is 0 Å². The highest BCUT2D eigenvalue weighted by molar-refractivity contribution is 7.90. The lowest BCUT2D eigenvalue weighted by atomic mass is 10.3. The van der Waals surface area contributed by atoms with Crippen molar-refractivity contribution in [1.29, 1.82) is 0 Å². The summed E-state index contributed by atoms with van der Waals surface area (Å²) >= 11 is 0.669. The second-order valence-electron chi connectivity index (χ2n) is 4.98. The van der Waals surface area contributed by atoms with E-state index in [0.717, 1.165) is 27.6 Å². The molecule has 0 amide bonds. The molecule has 0 saturated carbocycles. The van der Waals surface area contributed by atoms with Crippen molar-refractivity contribution in [3.63, 3.8) is 0 Å². The summed E-state index contributed by atoms with van der Waals surface area (Å²) in [6.45, 7) is 2.78. The summed E-state index contributed by atoms with van der Waals surface area (Å²) in [7, 11) is 0. The van der Waals surface area contributed by atoms with Crippen LogP contribution in [-0.4, -0.2) is 36.2 Å². The van der Waals surface area contributed by atoms with Crippen LogP contribution in [-0.2, 0) is 24.1 Å². The zero-order valence-corrected chi connectivity index (χ0v) is 14.1. The Balaban J connectivity index is 2.06. The van der Waals surface area contributed by atoms with Gasteiger partial charge in [0.1, 0.15) is 21.1 Å². The quantitative estimate of drug-likeness (QED) is 0.728. The van der Waals surface area contributed by atoms with Gasteiger partial charge in [0.25, 0.3) is 0 Å². The molecule has 116 valence electrons. The van der Waals surface area contributed by atoms with Gasteiger partial charge < -0.3 is 14.2 Å². The van der Waals surface area contributed by atoms with Crippen molar-refractivity contribution < 1.29 is 9.66 Å². The molecule has 3 heterocycles. The maximum Gasteiger partial charge on any atom is 0.164 e. The first kappa shape index (κ1) is 15.3. The van der Waals surface area contributed by atoms with Crippen LogP contribution < -0.4 is 0 Å². The number of aromatic hydroxyl groups is 1. The minimum Gasteiger partial charge on any atom is -0.617 e. The molecule has 3 rings (SSSR count). The third kappa shape index (κ3) is 2.71. The van der Waals surface area contributed by atoms with Gasteiger partial charge in [0, 0.05) is 30.9 Å². The normalized spacial score (nSPS) is 12.9. The summed E-state index contributed by atoms with van der Waals surface area (Å²) in [5.41, 5.74) is 2.40. The van der Waals surface area contributed by atoms with E-state index in [1.165, 1.54) is 0 Å². The van der Waals surface area contributed by atoms with E-state index in [1.807, 2.05) is 19.1 Å². The molecule has 0 aliphatic carbocycles. The smallest absolute Gasteiger partial charge is 0.164 e. The molecular weight excluding hydrogens is 318 g/mol. The molecule has 0 aliphatic heterocycles. The Morgan fingerprint density at radius 3 is 2.91 bits per heavy atom. The molecule has 3 aromatic rings. The average Bonchev–Trinajstić information content (AvgIpc) is 3.05. The van der Waals surface area contributed by atoms with Crippen molar-refractivity contribution in [2.45, 2.75) is 19.9 Å². The van der Waals surface area contributed by atoms with Crippen LogP contribution in [0.1, 0.15) is 12.6 Å². The van der Waals surface area contributed by atoms with Gasteiger partial charge in [0.05, 0.1) is 11.9 Å². The number of pyridine rings is 1. The van der Waals surface area contributed by atoms with Gasteiger partial charge in [0.15, 0.2) is 5.75 Å². The highest BCUT2D eigenvalue weighted by Gasteiger charge is 2.21. The fraction of sp³-hybridized carbons (Fsp3) is 0.333. The van der Waals surface area contributed by atoms with Gasteiger partial charge in [-0.2, -0.15) is 0 Å². The second kappa shape index (κ2) is 6.28. The van der Waals surface area contributed by atoms with E-state index < -0.39 is 11.2 Å². The molecule has 1 atom stereocenters. The molecule has 0 spiro atoms. The number of fused-ring (bicyclic) bond motifs is 1. The van der Waals surface area contributed by atoms with Crippen molar-refractivity contribution in [2.75, 3.05) is 12.0 Å². The molecule has 0 aromatic carbocycles. The van der Waals surface area contributed by atoms with Crippen molar-refractivity contribution in [1.82, 2.24) is 14.5 Å². The fourth-order valence-corrected chi connectivity index (χ4v) is 4.11. The van der Waals surface area contributed by atoms with Crippen molar-refractivity contribution >= 4 is 32.9 Å². The maximum absolute atomic E-state index is 11.3. The first-order valence-corrected chi connectivity index (χ1v) is 9.57. The van der Waals surface area contributed by atoms with Gasteiger partial charge in [-0.15, -0.1) is 0 Å². The average molecular weight is 335 g/mol. The van der Waals surface area contributed by atoms with Crippen LogP contribution in [0.5, 0.6) is 5.75 Å². The monoisotopic (exact) mass is 335 g/mol. The lowest BCUT2D eigenvalue weighted by Crippen LogP contribution is -2.09. The summed E-state index contributed by atoms with van der Waals surface area (Å²) in [4.78, 5) is 9.64. The van der Waals surface area contributed by atoms with Gasteiger partial charge >= 0.3 is 0 Å². The SMILES string of the molecule is CCn1c(CC[S+](C)[O-])c(O)c2nc(-c3cccnc3)sc21. The maximum atomic E-state index is 11.3. The number of hydrogen-bond donors (Lipinski definition) is 1. The molecule has 0 bridgehead atoms. The minimum atomic E-state index is -0.878. The van der Waals surface area contributed by atoms with Crippen molar-refractivity contribution in [3.8, 4) is 16.3 Å². The van der Waals surface area contributed by atoms with Gasteiger partial charge in [0.2, 0.25) is 0 Å². The Hall–Kier alpha value is -1.57. The zero-order valence-electron chi connectivity index (χ0n) is 12.4. The molecule has 0 aliphatic rings. The van der Waals surface area contributed by atoms with E-state index in [2.05, 4.69) is 14.5 Å². The molecule has 22 heavy (non-hydrogen) atoms. The fourth-order valence-electron chi connectivity index (χ4n) is 2.48. The molecule has 0 radical (unpaired) electrons. The van der Waals surface area contributed by atoms with E-state index in [4.69, 9.17) is 0 Å². The van der Waals surface area contributed by atoms with Crippen molar-refractivity contribution in [2.24, 2.45) is 0 Å². The lowest BCUT2D eigenvalue weighted by Gasteiger charge is -2.08. The van der Waals surface area contributed by atoms with E-state index >= 15 is 0 Å². The standard InChI is InChI=1S/C15H17N3O2S2/c1-3-18-11(6-8-22(2)20)13(19)12-15(18)21-14(17-12)10-5-4-7-16-9-10/h4-5,7,9,19H,3,6,8H2,1-2H3. The Bertz CT molecular complexity index is 781. The van der Waals surface area contributed by atoms with Crippen LogP contribution >= 0.6 is 11.3 Å². The highest BCUT2D eigenvalue weighted by atomic mass is 32.2. The molecule has 1 N–H and O–H groups in total. The van der Waals surface area contributed by atoms with Gasteiger partial charge in [-0.1, -0.05) is 22.5 Å². The minimum absolute atomic E-state index is 0.216. The van der Waals surface area contributed by atoms with Gasteiger partial charge in [-0.05, 0) is 19.1 Å². The predicted octanol–water partition coefficient (Wildman–Crippen LogP) is 2.81. The van der Waals surface area contributed by atoms with Crippen LogP contribution in [0.4, 0.5) is 0 Å². The van der Waals surface area contributed by atoms with E-state index in [-0.39, 0.29) is 5.75 Å². The number of hydrogen-bond acceptors (Lipinski definition) is 5. The highest BCUT2D eigenvalue weighted by Crippen LogP contribution is 2.39. The van der Waals surface area contributed by atoms with Crippen LogP contribution in [0.25, 0.3) is 20.9 Å². The largest absolute Gasteiger partial charge is 0.617 e. The van der Waals surface area contributed by atoms with Gasteiger partial charge in [-0.3, -0.25) is 4.98 Å². The Morgan fingerprint density at radius 2 is 2.27 bits per heavy atom. The Morgan fingerprint density at radius 1 is 1.45 bits per heavy atom. The topological polar surface area (TPSA) is 74.0 Å². The number of aryl methyl sites for hydroxylation is 1. The van der Waals surface area contributed by atoms with Crippen LogP contribution in [0, 0.1) is 0 Å². The number of nitrogens with zero attached hydrogens (tertiary/aromatic N) is 3. The zero-order chi connectivity index (χ0) is 15.7. The molecule has 1 unspecified atom stereocenters. The van der Waals surface area contributed by atoms with Crippen LogP contribution in [0.3, 0.4) is 0 Å². The summed E-state index contributed by atoms with van der Waals surface area (Å²) in [6, 6.07) is 3.83. The third-order valence-electron chi connectivity index (χ3n) is 3.53. The van der Waals surface area contributed by atoms with E-state index in [1.54, 1.807) is 30.0 Å². The Labute approximate surface area is 135 Å². The molecule has 3 aromatic heterocycles. The first-order valence-electron chi connectivity index (χ1n) is 7.03. The summed E-state index contributed by atoms with van der Waals surface area (Å²) in [6.07, 6.45) is 5.77. The molecule has 7 heteroatoms. The third-order valence-corrected chi connectivity index (χ3v) is 5.44. The lowest BCUT2D eigenvalue weighted by molar-refractivity contribution is 0.468. The number of rotatable bonds is 5. The van der Waals surface area contributed by atoms with E-state index in [9.17, 15) is 9.66 Å².